The molecule has 1 aromatic heterocycles. The molecule has 0 radical (unpaired) electrons. The molecule has 0 aliphatic heterocycles. The average Bonchev–Trinajstić information content (AvgIpc) is 2.42. The van der Waals surface area contributed by atoms with E-state index in [9.17, 15) is 10.1 Å². The highest BCUT2D eigenvalue weighted by Gasteiger charge is 2.25. The highest BCUT2D eigenvalue weighted by atomic mass is 16.6. The third-order valence-corrected chi connectivity index (χ3v) is 3.37. The predicted octanol–water partition coefficient (Wildman–Crippen LogP) is 2.53. The van der Waals surface area contributed by atoms with Crippen LogP contribution in [0.15, 0.2) is 12.1 Å². The van der Waals surface area contributed by atoms with Crippen molar-refractivity contribution in [3.05, 3.63) is 22.2 Å². The zero-order chi connectivity index (χ0) is 16.0. The lowest BCUT2D eigenvalue weighted by atomic mass is 10.1. The normalized spacial score (nSPS) is 11.5. The Morgan fingerprint density at radius 1 is 1.43 bits per heavy atom. The van der Waals surface area contributed by atoms with Gasteiger partial charge in [0.15, 0.2) is 0 Å². The maximum absolute atomic E-state index is 11.1. The zero-order valence-electron chi connectivity index (χ0n) is 13.3. The van der Waals surface area contributed by atoms with Crippen molar-refractivity contribution >= 4 is 11.5 Å². The SMILES string of the molecule is CCCNc1ccc([N+](=O)[O-])c(OCC(C)(C)N(C)C)n1. The molecule has 0 spiro atoms. The molecule has 0 aliphatic rings. The van der Waals surface area contributed by atoms with E-state index in [-0.39, 0.29) is 17.1 Å². The Bertz CT molecular complexity index is 489. The van der Waals surface area contributed by atoms with E-state index in [0.717, 1.165) is 13.0 Å². The molecule has 0 amide bonds. The largest absolute Gasteiger partial charge is 0.471 e. The van der Waals surface area contributed by atoms with Gasteiger partial charge in [0, 0.05) is 18.2 Å². The molecule has 1 rings (SSSR count). The number of anilines is 1. The van der Waals surface area contributed by atoms with Crippen LogP contribution >= 0.6 is 0 Å². The molecule has 1 heterocycles. The fourth-order valence-electron chi connectivity index (χ4n) is 1.40. The molecule has 0 aliphatic carbocycles. The van der Waals surface area contributed by atoms with Crippen LogP contribution in [-0.4, -0.2) is 47.6 Å². The number of ether oxygens (including phenoxy) is 1. The van der Waals surface area contributed by atoms with Gasteiger partial charge in [-0.05, 0) is 40.4 Å². The van der Waals surface area contributed by atoms with Crippen molar-refractivity contribution in [2.45, 2.75) is 32.7 Å². The summed E-state index contributed by atoms with van der Waals surface area (Å²) in [5.74, 6) is 0.635. The van der Waals surface area contributed by atoms with E-state index in [2.05, 4.69) is 10.3 Å². The Labute approximate surface area is 125 Å². The predicted molar refractivity (Wildman–Crippen MR) is 82.9 cm³/mol. The van der Waals surface area contributed by atoms with Gasteiger partial charge in [-0.15, -0.1) is 0 Å². The molecule has 7 nitrogen and oxygen atoms in total. The van der Waals surface area contributed by atoms with Gasteiger partial charge in [-0.1, -0.05) is 6.92 Å². The van der Waals surface area contributed by atoms with Crippen LogP contribution in [0.3, 0.4) is 0 Å². The first kappa shape index (κ1) is 17.2. The van der Waals surface area contributed by atoms with E-state index in [4.69, 9.17) is 4.74 Å². The summed E-state index contributed by atoms with van der Waals surface area (Å²) in [7, 11) is 3.87. The van der Waals surface area contributed by atoms with Crippen LogP contribution in [0, 0.1) is 10.1 Å². The van der Waals surface area contributed by atoms with Crippen LogP contribution < -0.4 is 10.1 Å². The Morgan fingerprint density at radius 3 is 2.62 bits per heavy atom. The molecule has 118 valence electrons. The van der Waals surface area contributed by atoms with Gasteiger partial charge in [-0.3, -0.25) is 10.1 Å². The summed E-state index contributed by atoms with van der Waals surface area (Å²) in [6.07, 6.45) is 0.947. The van der Waals surface area contributed by atoms with E-state index in [1.165, 1.54) is 6.07 Å². The van der Waals surface area contributed by atoms with Crippen LogP contribution in [0.1, 0.15) is 27.2 Å². The fourth-order valence-corrected chi connectivity index (χ4v) is 1.40. The highest BCUT2D eigenvalue weighted by molar-refractivity contribution is 5.49. The van der Waals surface area contributed by atoms with Crippen LogP contribution in [0.25, 0.3) is 0 Å². The topological polar surface area (TPSA) is 80.5 Å². The minimum Gasteiger partial charge on any atom is -0.471 e. The smallest absolute Gasteiger partial charge is 0.331 e. The van der Waals surface area contributed by atoms with Crippen molar-refractivity contribution in [2.24, 2.45) is 0 Å². The number of aromatic nitrogens is 1. The third-order valence-electron chi connectivity index (χ3n) is 3.37. The molecule has 7 heteroatoms. The average molecular weight is 296 g/mol. The molecule has 0 aromatic carbocycles. The lowest BCUT2D eigenvalue weighted by Crippen LogP contribution is -2.43. The Hall–Kier alpha value is -1.89. The molecule has 0 unspecified atom stereocenters. The molecule has 1 aromatic rings. The molecule has 0 fully saturated rings. The number of nitrogens with one attached hydrogen (secondary N) is 1. The van der Waals surface area contributed by atoms with E-state index >= 15 is 0 Å². The van der Waals surface area contributed by atoms with Gasteiger partial charge >= 0.3 is 5.69 Å². The second kappa shape index (κ2) is 7.21. The fraction of sp³-hybridized carbons (Fsp3) is 0.643. The second-order valence-electron chi connectivity index (χ2n) is 5.70. The summed E-state index contributed by atoms with van der Waals surface area (Å²) in [5, 5.41) is 14.2. The number of likely N-dealkylation sites (N-methyl/N-ethyl adjacent to an activating group) is 1. The van der Waals surface area contributed by atoms with E-state index in [1.807, 2.05) is 39.8 Å². The Morgan fingerprint density at radius 2 is 2.10 bits per heavy atom. The summed E-state index contributed by atoms with van der Waals surface area (Å²) in [6.45, 7) is 7.10. The minimum absolute atomic E-state index is 0.0519. The quantitative estimate of drug-likeness (QED) is 0.586. The van der Waals surface area contributed by atoms with E-state index < -0.39 is 4.92 Å². The van der Waals surface area contributed by atoms with Gasteiger partial charge in [0.05, 0.1) is 4.92 Å². The summed E-state index contributed by atoms with van der Waals surface area (Å²) >= 11 is 0. The zero-order valence-corrected chi connectivity index (χ0v) is 13.3. The second-order valence-corrected chi connectivity index (χ2v) is 5.70. The Balaban J connectivity index is 2.93. The lowest BCUT2D eigenvalue weighted by Gasteiger charge is -2.31. The monoisotopic (exact) mass is 296 g/mol. The van der Waals surface area contributed by atoms with Gasteiger partial charge in [0.1, 0.15) is 12.4 Å². The number of pyridine rings is 1. The maximum Gasteiger partial charge on any atom is 0.331 e. The number of nitrogens with zero attached hydrogens (tertiary/aromatic N) is 3. The molecule has 0 saturated heterocycles. The van der Waals surface area contributed by atoms with Crippen molar-refractivity contribution in [1.29, 1.82) is 0 Å². The van der Waals surface area contributed by atoms with Gasteiger partial charge in [-0.25, -0.2) is 0 Å². The summed E-state index contributed by atoms with van der Waals surface area (Å²) in [5.41, 5.74) is -0.367. The van der Waals surface area contributed by atoms with Gasteiger partial charge in [0.2, 0.25) is 0 Å². The number of rotatable bonds is 8. The summed E-state index contributed by atoms with van der Waals surface area (Å²) in [6, 6.07) is 3.01. The molecule has 0 bridgehead atoms. The molecule has 0 saturated carbocycles. The number of nitro groups is 1. The van der Waals surface area contributed by atoms with Gasteiger partial charge < -0.3 is 15.0 Å². The maximum atomic E-state index is 11.1. The minimum atomic E-state index is -0.478. The molecule has 0 atom stereocenters. The van der Waals surface area contributed by atoms with Gasteiger partial charge in [-0.2, -0.15) is 4.98 Å². The van der Waals surface area contributed by atoms with Crippen molar-refractivity contribution in [3.8, 4) is 5.88 Å². The van der Waals surface area contributed by atoms with Crippen LogP contribution in [0.2, 0.25) is 0 Å². The van der Waals surface area contributed by atoms with Gasteiger partial charge in [0.25, 0.3) is 5.88 Å². The number of hydrogen-bond acceptors (Lipinski definition) is 6. The highest BCUT2D eigenvalue weighted by Crippen LogP contribution is 2.27. The number of hydrogen-bond donors (Lipinski definition) is 1. The Kier molecular flexibility index (Phi) is 5.90. The van der Waals surface area contributed by atoms with E-state index in [0.29, 0.717) is 12.4 Å². The molecular formula is C14H24N4O3. The summed E-state index contributed by atoms with van der Waals surface area (Å²) in [4.78, 5) is 16.8. The van der Waals surface area contributed by atoms with Crippen molar-refractivity contribution in [3.63, 3.8) is 0 Å². The lowest BCUT2D eigenvalue weighted by molar-refractivity contribution is -0.386. The first-order chi connectivity index (χ1) is 9.77. The van der Waals surface area contributed by atoms with Crippen molar-refractivity contribution < 1.29 is 9.66 Å². The summed E-state index contributed by atoms with van der Waals surface area (Å²) < 4.78 is 5.61. The van der Waals surface area contributed by atoms with Crippen molar-refractivity contribution in [2.75, 3.05) is 32.6 Å². The van der Waals surface area contributed by atoms with Crippen LogP contribution in [0.5, 0.6) is 5.88 Å². The third kappa shape index (κ3) is 4.86. The molecule has 21 heavy (non-hydrogen) atoms. The first-order valence-electron chi connectivity index (χ1n) is 6.97. The van der Waals surface area contributed by atoms with Crippen LogP contribution in [-0.2, 0) is 0 Å². The first-order valence-corrected chi connectivity index (χ1v) is 6.97. The van der Waals surface area contributed by atoms with Crippen molar-refractivity contribution in [1.82, 2.24) is 9.88 Å². The standard InChI is InChI=1S/C14H24N4O3/c1-6-9-15-12-8-7-11(18(19)20)13(16-12)21-10-14(2,3)17(4)5/h7-8H,6,9-10H2,1-5H3,(H,15,16). The molecule has 1 N–H and O–H groups in total. The van der Waals surface area contributed by atoms with E-state index in [1.54, 1.807) is 6.07 Å². The molecular weight excluding hydrogens is 272 g/mol. The van der Waals surface area contributed by atoms with Crippen LogP contribution in [0.4, 0.5) is 11.5 Å².